The van der Waals surface area contributed by atoms with Gasteiger partial charge in [-0.15, -0.1) is 0 Å². The van der Waals surface area contributed by atoms with E-state index in [2.05, 4.69) is 25.9 Å². The number of hydrogen-bond donors (Lipinski definition) is 10. The third kappa shape index (κ3) is 16.3. The van der Waals surface area contributed by atoms with Gasteiger partial charge in [0.15, 0.2) is 11.9 Å². The molecule has 39 heavy (non-hydrogen) atoms. The van der Waals surface area contributed by atoms with E-state index in [1.807, 2.05) is 0 Å². The Morgan fingerprint density at radius 2 is 1.18 bits per heavy atom. The van der Waals surface area contributed by atoms with Crippen molar-refractivity contribution in [2.45, 2.75) is 76.5 Å². The molecule has 0 aromatic heterocycles. The Labute approximate surface area is 226 Å². The molecule has 0 spiro atoms. The second-order valence-corrected chi connectivity index (χ2v) is 9.33. The summed E-state index contributed by atoms with van der Waals surface area (Å²) in [5.74, 6) is -4.91. The number of amides is 4. The van der Waals surface area contributed by atoms with E-state index in [1.165, 1.54) is 0 Å². The first-order valence-corrected chi connectivity index (χ1v) is 12.4. The first-order chi connectivity index (χ1) is 18.1. The van der Waals surface area contributed by atoms with E-state index in [1.54, 1.807) is 13.8 Å². The lowest BCUT2D eigenvalue weighted by Crippen LogP contribution is -2.57. The summed E-state index contributed by atoms with van der Waals surface area (Å²) in [7, 11) is 0. The standard InChI is InChI=1S/C22H43N11O6/c1-11(2)9-15(20(38)39)33-19(37)14(10-16(24)34)32-18(36)13(6-4-8-30-22(27)28)31-17(35)12(23)5-3-7-29-21(25)26/h11-15H,3-10,23H2,1-2H3,(H2,24,34)(H,31,35)(H,32,36)(H,33,37)(H,38,39)(H4,25,26,29)(H4,27,28,30). The molecule has 222 valence electrons. The van der Waals surface area contributed by atoms with Crippen LogP contribution in [0.5, 0.6) is 0 Å². The largest absolute Gasteiger partial charge is 0.480 e. The number of primary amides is 1. The molecule has 0 radical (unpaired) electrons. The number of carbonyl (C=O) groups excluding carboxylic acids is 4. The van der Waals surface area contributed by atoms with Crippen LogP contribution in [0.4, 0.5) is 0 Å². The summed E-state index contributed by atoms with van der Waals surface area (Å²) in [6, 6.07) is -4.93. The minimum atomic E-state index is -1.49. The molecular weight excluding hydrogens is 514 g/mol. The van der Waals surface area contributed by atoms with Gasteiger partial charge in [-0.25, -0.2) is 4.79 Å². The fraction of sp³-hybridized carbons (Fsp3) is 0.682. The second-order valence-electron chi connectivity index (χ2n) is 9.33. The first-order valence-electron chi connectivity index (χ1n) is 12.4. The van der Waals surface area contributed by atoms with Crippen LogP contribution in [0.25, 0.3) is 0 Å². The van der Waals surface area contributed by atoms with Crippen LogP contribution in [0.2, 0.25) is 0 Å². The fourth-order valence-corrected chi connectivity index (χ4v) is 3.35. The molecule has 0 aliphatic rings. The van der Waals surface area contributed by atoms with E-state index in [0.29, 0.717) is 6.42 Å². The van der Waals surface area contributed by atoms with Crippen molar-refractivity contribution in [2.75, 3.05) is 13.1 Å². The maximum absolute atomic E-state index is 13.1. The Balaban J connectivity index is 5.60. The molecule has 0 bridgehead atoms. The Morgan fingerprint density at radius 1 is 0.718 bits per heavy atom. The molecule has 0 heterocycles. The highest BCUT2D eigenvalue weighted by atomic mass is 16.4. The van der Waals surface area contributed by atoms with Gasteiger partial charge in [-0.3, -0.25) is 29.2 Å². The van der Waals surface area contributed by atoms with Crippen molar-refractivity contribution in [1.29, 1.82) is 0 Å². The highest BCUT2D eigenvalue weighted by molar-refractivity contribution is 5.96. The van der Waals surface area contributed by atoms with Crippen molar-refractivity contribution in [1.82, 2.24) is 16.0 Å². The normalized spacial score (nSPS) is 13.7. The molecule has 4 unspecified atom stereocenters. The third-order valence-electron chi connectivity index (χ3n) is 5.24. The van der Waals surface area contributed by atoms with E-state index in [9.17, 15) is 29.1 Å². The molecule has 0 aliphatic carbocycles. The lowest BCUT2D eigenvalue weighted by molar-refractivity contribution is -0.143. The fourth-order valence-electron chi connectivity index (χ4n) is 3.35. The number of nitrogens with zero attached hydrogens (tertiary/aromatic N) is 2. The average Bonchev–Trinajstić information content (AvgIpc) is 2.81. The second kappa shape index (κ2) is 18.2. The molecular formula is C22H43N11O6. The van der Waals surface area contributed by atoms with E-state index < -0.39 is 60.2 Å². The molecule has 0 aromatic carbocycles. The van der Waals surface area contributed by atoms with Crippen LogP contribution in [0, 0.1) is 5.92 Å². The monoisotopic (exact) mass is 557 g/mol. The van der Waals surface area contributed by atoms with Gasteiger partial charge in [0.2, 0.25) is 23.6 Å². The number of rotatable bonds is 19. The lowest BCUT2D eigenvalue weighted by Gasteiger charge is -2.25. The molecule has 0 aromatic rings. The molecule has 16 N–H and O–H groups in total. The van der Waals surface area contributed by atoms with E-state index in [-0.39, 0.29) is 56.6 Å². The van der Waals surface area contributed by atoms with Crippen LogP contribution in [0.1, 0.15) is 52.4 Å². The number of guanidine groups is 2. The summed E-state index contributed by atoms with van der Waals surface area (Å²) < 4.78 is 0. The number of aliphatic imine (C=N–C) groups is 2. The zero-order valence-corrected chi connectivity index (χ0v) is 22.4. The molecule has 4 atom stereocenters. The van der Waals surface area contributed by atoms with Crippen molar-refractivity contribution in [2.24, 2.45) is 50.3 Å². The Hall–Kier alpha value is -4.15. The number of nitrogens with two attached hydrogens (primary N) is 6. The molecule has 17 heteroatoms. The lowest BCUT2D eigenvalue weighted by atomic mass is 10.0. The molecule has 0 rings (SSSR count). The highest BCUT2D eigenvalue weighted by Crippen LogP contribution is 2.07. The summed E-state index contributed by atoms with van der Waals surface area (Å²) in [5, 5.41) is 16.6. The number of carboxylic acid groups (broad SMARTS) is 1. The average molecular weight is 558 g/mol. The predicted molar refractivity (Wildman–Crippen MR) is 144 cm³/mol. The zero-order valence-electron chi connectivity index (χ0n) is 22.4. The number of hydrogen-bond acceptors (Lipinski definition) is 8. The van der Waals surface area contributed by atoms with E-state index in [4.69, 9.17) is 34.4 Å². The van der Waals surface area contributed by atoms with Crippen LogP contribution in [-0.2, 0) is 24.0 Å². The predicted octanol–water partition coefficient (Wildman–Crippen LogP) is -4.12. The van der Waals surface area contributed by atoms with Gasteiger partial charge >= 0.3 is 5.97 Å². The van der Waals surface area contributed by atoms with Gasteiger partial charge < -0.3 is 55.5 Å². The van der Waals surface area contributed by atoms with Crippen LogP contribution < -0.4 is 50.4 Å². The maximum Gasteiger partial charge on any atom is 0.326 e. The third-order valence-corrected chi connectivity index (χ3v) is 5.24. The molecule has 0 fully saturated rings. The van der Waals surface area contributed by atoms with Crippen molar-refractivity contribution in [3.63, 3.8) is 0 Å². The minimum Gasteiger partial charge on any atom is -0.480 e. The van der Waals surface area contributed by atoms with Gasteiger partial charge in [-0.1, -0.05) is 13.8 Å². The van der Waals surface area contributed by atoms with Gasteiger partial charge in [0.05, 0.1) is 12.5 Å². The molecule has 0 saturated heterocycles. The van der Waals surface area contributed by atoms with E-state index in [0.717, 1.165) is 0 Å². The Kier molecular flexibility index (Phi) is 16.2. The smallest absolute Gasteiger partial charge is 0.326 e. The topological polar surface area (TPSA) is 323 Å². The zero-order chi connectivity index (χ0) is 30.1. The summed E-state index contributed by atoms with van der Waals surface area (Å²) >= 11 is 0. The summed E-state index contributed by atoms with van der Waals surface area (Å²) in [5.41, 5.74) is 32.3. The van der Waals surface area contributed by atoms with Crippen LogP contribution in [0.15, 0.2) is 9.98 Å². The van der Waals surface area contributed by atoms with Crippen molar-refractivity contribution in [3.05, 3.63) is 0 Å². The van der Waals surface area contributed by atoms with Gasteiger partial charge in [0, 0.05) is 13.1 Å². The highest BCUT2D eigenvalue weighted by Gasteiger charge is 2.31. The van der Waals surface area contributed by atoms with Crippen molar-refractivity contribution >= 4 is 41.5 Å². The Morgan fingerprint density at radius 3 is 1.64 bits per heavy atom. The van der Waals surface area contributed by atoms with Crippen LogP contribution in [0.3, 0.4) is 0 Å². The SMILES string of the molecule is CC(C)CC(NC(=O)C(CC(N)=O)NC(=O)C(CCCN=C(N)N)NC(=O)C(N)CCCN=C(N)N)C(=O)O. The van der Waals surface area contributed by atoms with Gasteiger partial charge in [0.1, 0.15) is 18.1 Å². The number of aliphatic carboxylic acids is 1. The quantitative estimate of drug-likeness (QED) is 0.0413. The van der Waals surface area contributed by atoms with Gasteiger partial charge in [-0.05, 0) is 38.0 Å². The molecule has 4 amide bonds. The summed E-state index contributed by atoms with van der Waals surface area (Å²) in [6.45, 7) is 3.94. The maximum atomic E-state index is 13.1. The Bertz CT molecular complexity index is 901. The van der Waals surface area contributed by atoms with Gasteiger partial charge in [0.25, 0.3) is 0 Å². The van der Waals surface area contributed by atoms with Crippen LogP contribution in [-0.4, -0.2) is 83.9 Å². The first kappa shape index (κ1) is 34.9. The minimum absolute atomic E-state index is 0.0467. The van der Waals surface area contributed by atoms with Crippen molar-refractivity contribution < 1.29 is 29.1 Å². The molecule has 17 nitrogen and oxygen atoms in total. The number of carbonyl (C=O) groups is 5. The molecule has 0 aliphatic heterocycles. The number of carboxylic acids is 1. The molecule has 0 saturated carbocycles. The van der Waals surface area contributed by atoms with Crippen LogP contribution >= 0.6 is 0 Å². The number of nitrogens with one attached hydrogen (secondary N) is 3. The van der Waals surface area contributed by atoms with E-state index >= 15 is 0 Å². The van der Waals surface area contributed by atoms with Gasteiger partial charge in [-0.2, -0.15) is 0 Å². The summed E-state index contributed by atoms with van der Waals surface area (Å²) in [4.78, 5) is 69.4. The summed E-state index contributed by atoms with van der Waals surface area (Å²) in [6.07, 6.45) is 0.427. The van der Waals surface area contributed by atoms with Crippen molar-refractivity contribution in [3.8, 4) is 0 Å².